The monoisotopic (exact) mass is 176 g/mol. The number of aliphatic hydroxyl groups excluding tert-OH is 1. The molecule has 0 aliphatic heterocycles. The van der Waals surface area contributed by atoms with Crippen LogP contribution in [-0.2, 0) is 0 Å². The zero-order valence-electron chi connectivity index (χ0n) is 8.00. The summed E-state index contributed by atoms with van der Waals surface area (Å²) in [4.78, 5) is 0. The van der Waals surface area contributed by atoms with Crippen LogP contribution in [0.15, 0.2) is 0 Å². The number of hydrogen-bond donors (Lipinski definition) is 1. The van der Waals surface area contributed by atoms with Gasteiger partial charge in [0, 0.05) is 11.9 Å². The highest BCUT2D eigenvalue weighted by molar-refractivity contribution is 7.99. The van der Waals surface area contributed by atoms with E-state index in [1.54, 1.807) is 0 Å². The van der Waals surface area contributed by atoms with Gasteiger partial charge in [0.2, 0.25) is 0 Å². The summed E-state index contributed by atoms with van der Waals surface area (Å²) in [6.07, 6.45) is 3.26. The standard InChI is InChI=1S/C9H20OS/c1-7(2)9(6-10)5-8(3)11-4/h7-10H,5-6H2,1-4H3/t8?,9-/m1/s1. The summed E-state index contributed by atoms with van der Waals surface area (Å²) < 4.78 is 0. The molecule has 0 saturated heterocycles. The van der Waals surface area contributed by atoms with Crippen molar-refractivity contribution in [3.05, 3.63) is 0 Å². The zero-order valence-corrected chi connectivity index (χ0v) is 8.82. The second-order valence-electron chi connectivity index (χ2n) is 3.47. The Morgan fingerprint density at radius 1 is 1.27 bits per heavy atom. The molecular weight excluding hydrogens is 156 g/mol. The molecule has 0 amide bonds. The summed E-state index contributed by atoms with van der Waals surface area (Å²) in [6, 6.07) is 0. The van der Waals surface area contributed by atoms with Gasteiger partial charge in [-0.05, 0) is 24.5 Å². The third-order valence-corrected chi connectivity index (χ3v) is 3.21. The SMILES string of the molecule is CSC(C)C[C@H](CO)C(C)C. The molecule has 68 valence electrons. The van der Waals surface area contributed by atoms with Gasteiger partial charge in [-0.3, -0.25) is 0 Å². The molecule has 0 aliphatic carbocycles. The predicted molar refractivity (Wildman–Crippen MR) is 53.0 cm³/mol. The minimum Gasteiger partial charge on any atom is -0.396 e. The van der Waals surface area contributed by atoms with Crippen molar-refractivity contribution in [3.63, 3.8) is 0 Å². The lowest BCUT2D eigenvalue weighted by atomic mass is 9.92. The normalized spacial score (nSPS) is 16.9. The van der Waals surface area contributed by atoms with Crippen LogP contribution in [-0.4, -0.2) is 23.2 Å². The van der Waals surface area contributed by atoms with Crippen LogP contribution < -0.4 is 0 Å². The highest BCUT2D eigenvalue weighted by Gasteiger charge is 2.14. The first-order chi connectivity index (χ1) is 5.11. The van der Waals surface area contributed by atoms with Crippen molar-refractivity contribution < 1.29 is 5.11 Å². The van der Waals surface area contributed by atoms with E-state index in [1.807, 2.05) is 11.8 Å². The lowest BCUT2D eigenvalue weighted by Gasteiger charge is -2.20. The lowest BCUT2D eigenvalue weighted by molar-refractivity contribution is 0.182. The Labute approximate surface area is 74.6 Å². The maximum absolute atomic E-state index is 9.03. The van der Waals surface area contributed by atoms with Gasteiger partial charge in [0.15, 0.2) is 0 Å². The first kappa shape index (κ1) is 11.3. The van der Waals surface area contributed by atoms with Crippen molar-refractivity contribution in [1.29, 1.82) is 0 Å². The highest BCUT2D eigenvalue weighted by atomic mass is 32.2. The van der Waals surface area contributed by atoms with Crippen molar-refractivity contribution in [2.75, 3.05) is 12.9 Å². The third-order valence-electron chi connectivity index (χ3n) is 2.21. The molecule has 0 aromatic rings. The summed E-state index contributed by atoms with van der Waals surface area (Å²) in [6.45, 7) is 6.90. The molecule has 0 saturated carbocycles. The molecule has 2 heteroatoms. The van der Waals surface area contributed by atoms with Crippen LogP contribution in [0.2, 0.25) is 0 Å². The molecule has 0 heterocycles. The van der Waals surface area contributed by atoms with E-state index in [9.17, 15) is 0 Å². The number of thioether (sulfide) groups is 1. The van der Waals surface area contributed by atoms with E-state index in [1.165, 1.54) is 0 Å². The highest BCUT2D eigenvalue weighted by Crippen LogP contribution is 2.21. The topological polar surface area (TPSA) is 20.2 Å². The summed E-state index contributed by atoms with van der Waals surface area (Å²) in [5.41, 5.74) is 0. The molecule has 1 nitrogen and oxygen atoms in total. The first-order valence-corrected chi connectivity index (χ1v) is 5.54. The number of rotatable bonds is 5. The van der Waals surface area contributed by atoms with E-state index in [-0.39, 0.29) is 0 Å². The van der Waals surface area contributed by atoms with E-state index >= 15 is 0 Å². The van der Waals surface area contributed by atoms with Crippen molar-refractivity contribution in [3.8, 4) is 0 Å². The minimum absolute atomic E-state index is 0.336. The van der Waals surface area contributed by atoms with Crippen molar-refractivity contribution in [2.24, 2.45) is 11.8 Å². The molecule has 0 bridgehead atoms. The van der Waals surface area contributed by atoms with E-state index in [0.29, 0.717) is 23.7 Å². The number of aliphatic hydroxyl groups is 1. The molecule has 1 N–H and O–H groups in total. The average Bonchev–Trinajstić information content (AvgIpc) is 1.99. The van der Waals surface area contributed by atoms with E-state index in [4.69, 9.17) is 5.11 Å². The second kappa shape index (κ2) is 5.90. The summed E-state index contributed by atoms with van der Waals surface area (Å²) in [5, 5.41) is 9.71. The molecule has 11 heavy (non-hydrogen) atoms. The van der Waals surface area contributed by atoms with Crippen LogP contribution >= 0.6 is 11.8 Å². The molecule has 0 radical (unpaired) electrons. The van der Waals surface area contributed by atoms with Crippen LogP contribution in [0.3, 0.4) is 0 Å². The van der Waals surface area contributed by atoms with E-state index < -0.39 is 0 Å². The van der Waals surface area contributed by atoms with Gasteiger partial charge in [-0.2, -0.15) is 11.8 Å². The molecular formula is C9H20OS. The Bertz CT molecular complexity index is 93.6. The molecule has 0 fully saturated rings. The second-order valence-corrected chi connectivity index (χ2v) is 4.74. The van der Waals surface area contributed by atoms with Crippen molar-refractivity contribution >= 4 is 11.8 Å². The van der Waals surface area contributed by atoms with Crippen molar-refractivity contribution in [2.45, 2.75) is 32.4 Å². The Hall–Kier alpha value is 0.310. The smallest absolute Gasteiger partial charge is 0.0462 e. The Kier molecular flexibility index (Phi) is 6.06. The largest absolute Gasteiger partial charge is 0.396 e. The molecule has 0 spiro atoms. The van der Waals surface area contributed by atoms with Gasteiger partial charge in [0.1, 0.15) is 0 Å². The number of hydrogen-bond acceptors (Lipinski definition) is 2. The molecule has 0 rings (SSSR count). The Morgan fingerprint density at radius 2 is 1.82 bits per heavy atom. The minimum atomic E-state index is 0.336. The molecule has 0 aliphatic rings. The van der Waals surface area contributed by atoms with E-state index in [2.05, 4.69) is 27.0 Å². The van der Waals surface area contributed by atoms with Crippen LogP contribution in [0.5, 0.6) is 0 Å². The fraction of sp³-hybridized carbons (Fsp3) is 1.00. The van der Waals surface area contributed by atoms with Gasteiger partial charge in [0.25, 0.3) is 0 Å². The van der Waals surface area contributed by atoms with Gasteiger partial charge < -0.3 is 5.11 Å². The van der Waals surface area contributed by atoms with Gasteiger partial charge in [-0.15, -0.1) is 0 Å². The summed E-state index contributed by atoms with van der Waals surface area (Å²) >= 11 is 1.87. The molecule has 0 aromatic carbocycles. The fourth-order valence-corrected chi connectivity index (χ4v) is 1.52. The molecule has 0 aromatic heterocycles. The third kappa shape index (κ3) is 4.70. The zero-order chi connectivity index (χ0) is 8.85. The Balaban J connectivity index is 3.68. The summed E-state index contributed by atoms with van der Waals surface area (Å²) in [5.74, 6) is 1.09. The quantitative estimate of drug-likeness (QED) is 0.694. The maximum Gasteiger partial charge on any atom is 0.0462 e. The van der Waals surface area contributed by atoms with Crippen molar-refractivity contribution in [1.82, 2.24) is 0 Å². The first-order valence-electron chi connectivity index (χ1n) is 4.25. The average molecular weight is 176 g/mol. The molecule has 1 unspecified atom stereocenters. The van der Waals surface area contributed by atoms with Crippen LogP contribution in [0.4, 0.5) is 0 Å². The van der Waals surface area contributed by atoms with Gasteiger partial charge in [-0.25, -0.2) is 0 Å². The predicted octanol–water partition coefficient (Wildman–Crippen LogP) is 2.39. The van der Waals surface area contributed by atoms with E-state index in [0.717, 1.165) is 6.42 Å². The fourth-order valence-electron chi connectivity index (χ4n) is 1.08. The lowest BCUT2D eigenvalue weighted by Crippen LogP contribution is -2.17. The Morgan fingerprint density at radius 3 is 2.09 bits per heavy atom. The maximum atomic E-state index is 9.03. The van der Waals surface area contributed by atoms with Crippen LogP contribution in [0.25, 0.3) is 0 Å². The van der Waals surface area contributed by atoms with Crippen LogP contribution in [0.1, 0.15) is 27.2 Å². The molecule has 2 atom stereocenters. The van der Waals surface area contributed by atoms with Gasteiger partial charge >= 0.3 is 0 Å². The van der Waals surface area contributed by atoms with Gasteiger partial charge in [-0.1, -0.05) is 20.8 Å². The summed E-state index contributed by atoms with van der Waals surface area (Å²) in [7, 11) is 0. The van der Waals surface area contributed by atoms with Gasteiger partial charge in [0.05, 0.1) is 0 Å². The van der Waals surface area contributed by atoms with Crippen LogP contribution in [0, 0.1) is 11.8 Å².